The molecule has 1 N–H and O–H groups in total. The lowest BCUT2D eigenvalue weighted by molar-refractivity contribution is -0.126. The molecule has 2 saturated heterocycles. The van der Waals surface area contributed by atoms with E-state index >= 15 is 0 Å². The molecule has 3 heteroatoms. The van der Waals surface area contributed by atoms with Gasteiger partial charge in [0.2, 0.25) is 0 Å². The molecule has 2 aliphatic heterocycles. The maximum absolute atomic E-state index is 10.5. The molecule has 2 aliphatic rings. The Balaban J connectivity index is 1.93. The number of hydrogen-bond acceptors (Lipinski definition) is 3. The number of ether oxygens (including phenoxy) is 1. The van der Waals surface area contributed by atoms with Crippen LogP contribution in [-0.4, -0.2) is 34.9 Å². The highest BCUT2D eigenvalue weighted by Crippen LogP contribution is 2.41. The molecule has 2 nitrogen and oxygen atoms in total. The Kier molecular flexibility index (Phi) is 5.40. The minimum atomic E-state index is -0.125. The minimum absolute atomic E-state index is 0.112. The van der Waals surface area contributed by atoms with Gasteiger partial charge in [0.1, 0.15) is 0 Å². The van der Waals surface area contributed by atoms with E-state index in [-0.39, 0.29) is 11.7 Å². The normalized spacial score (nSPS) is 31.2. The summed E-state index contributed by atoms with van der Waals surface area (Å²) in [5.41, 5.74) is 0.112. The van der Waals surface area contributed by atoms with Crippen LogP contribution in [0.3, 0.4) is 0 Å². The van der Waals surface area contributed by atoms with Crippen LogP contribution in [0.2, 0.25) is 0 Å². The lowest BCUT2D eigenvalue weighted by Gasteiger charge is -2.45. The molecule has 0 amide bonds. The smallest absolute Gasteiger partial charge is 0.0701 e. The quantitative estimate of drug-likeness (QED) is 0.849. The molecule has 0 radical (unpaired) electrons. The topological polar surface area (TPSA) is 29.5 Å². The van der Waals surface area contributed by atoms with Gasteiger partial charge >= 0.3 is 0 Å². The van der Waals surface area contributed by atoms with E-state index in [1.54, 1.807) is 0 Å². The average molecular weight is 272 g/mol. The summed E-state index contributed by atoms with van der Waals surface area (Å²) in [6, 6.07) is 0. The van der Waals surface area contributed by atoms with Crippen molar-refractivity contribution in [1.82, 2.24) is 0 Å². The van der Waals surface area contributed by atoms with Crippen LogP contribution in [0.5, 0.6) is 0 Å². The van der Waals surface area contributed by atoms with E-state index in [0.717, 1.165) is 25.9 Å². The SMILES string of the molecule is CCCC(C)C(O)C1CCOC2(CCSCC2)C1. The number of aliphatic hydroxyl groups is 1. The molecule has 3 atom stereocenters. The fourth-order valence-corrected chi connectivity index (χ4v) is 4.78. The first-order valence-electron chi connectivity index (χ1n) is 7.56. The molecule has 2 fully saturated rings. The van der Waals surface area contributed by atoms with Crippen molar-refractivity contribution in [1.29, 1.82) is 0 Å². The van der Waals surface area contributed by atoms with Gasteiger partial charge in [-0.25, -0.2) is 0 Å². The summed E-state index contributed by atoms with van der Waals surface area (Å²) in [6.45, 7) is 5.26. The van der Waals surface area contributed by atoms with E-state index in [1.165, 1.54) is 30.8 Å². The molecule has 0 aromatic rings. The Hall–Kier alpha value is 0.270. The maximum atomic E-state index is 10.5. The van der Waals surface area contributed by atoms with Crippen LogP contribution in [0.15, 0.2) is 0 Å². The standard InChI is InChI=1S/C15H28O2S/c1-3-4-12(2)14(16)13-5-8-17-15(11-13)6-9-18-10-7-15/h12-14,16H,3-11H2,1-2H3. The predicted molar refractivity (Wildman–Crippen MR) is 78.0 cm³/mol. The zero-order chi connectivity index (χ0) is 13.0. The lowest BCUT2D eigenvalue weighted by Crippen LogP contribution is -2.46. The highest BCUT2D eigenvalue weighted by atomic mass is 32.2. The van der Waals surface area contributed by atoms with E-state index in [4.69, 9.17) is 4.74 Å². The Morgan fingerprint density at radius 1 is 1.39 bits per heavy atom. The second kappa shape index (κ2) is 6.62. The fourth-order valence-electron chi connectivity index (χ4n) is 3.54. The molecule has 2 rings (SSSR count). The highest BCUT2D eigenvalue weighted by molar-refractivity contribution is 7.99. The van der Waals surface area contributed by atoms with Crippen molar-refractivity contribution >= 4 is 11.8 Å². The van der Waals surface area contributed by atoms with Gasteiger partial charge in [0.25, 0.3) is 0 Å². The minimum Gasteiger partial charge on any atom is -0.393 e. The summed E-state index contributed by atoms with van der Waals surface area (Å²) in [5.74, 6) is 3.36. The first-order chi connectivity index (χ1) is 8.67. The number of aliphatic hydroxyl groups excluding tert-OH is 1. The third kappa shape index (κ3) is 3.43. The van der Waals surface area contributed by atoms with Crippen LogP contribution < -0.4 is 0 Å². The molecule has 0 saturated carbocycles. The average Bonchev–Trinajstić information content (AvgIpc) is 2.39. The van der Waals surface area contributed by atoms with Gasteiger partial charge in [-0.3, -0.25) is 0 Å². The summed E-state index contributed by atoms with van der Waals surface area (Å²) in [7, 11) is 0. The van der Waals surface area contributed by atoms with Crippen molar-refractivity contribution in [2.75, 3.05) is 18.1 Å². The molecular formula is C15H28O2S. The van der Waals surface area contributed by atoms with Crippen molar-refractivity contribution in [3.05, 3.63) is 0 Å². The van der Waals surface area contributed by atoms with Gasteiger partial charge in [0.15, 0.2) is 0 Å². The Bertz CT molecular complexity index is 245. The van der Waals surface area contributed by atoms with E-state index in [0.29, 0.717) is 11.8 Å². The summed E-state index contributed by atoms with van der Waals surface area (Å²) < 4.78 is 6.10. The Labute approximate surface area is 116 Å². The second-order valence-corrected chi connectivity index (χ2v) is 7.38. The van der Waals surface area contributed by atoms with Gasteiger partial charge in [-0.15, -0.1) is 0 Å². The first-order valence-corrected chi connectivity index (χ1v) is 8.72. The lowest BCUT2D eigenvalue weighted by atomic mass is 9.76. The summed E-state index contributed by atoms with van der Waals surface area (Å²) in [6.07, 6.45) is 6.68. The third-order valence-corrected chi connectivity index (χ3v) is 5.73. The number of hydrogen-bond donors (Lipinski definition) is 1. The molecule has 106 valence electrons. The molecule has 0 bridgehead atoms. The first kappa shape index (κ1) is 14.7. The molecule has 0 aromatic carbocycles. The summed E-state index contributed by atoms with van der Waals surface area (Å²) in [4.78, 5) is 0. The van der Waals surface area contributed by atoms with E-state index < -0.39 is 0 Å². The predicted octanol–water partition coefficient (Wildman–Crippen LogP) is 3.48. The molecule has 1 spiro atoms. The van der Waals surface area contributed by atoms with Gasteiger partial charge in [0.05, 0.1) is 11.7 Å². The number of rotatable bonds is 4. The zero-order valence-electron chi connectivity index (χ0n) is 11.9. The van der Waals surface area contributed by atoms with Crippen molar-refractivity contribution in [2.45, 2.75) is 64.1 Å². The molecule has 2 heterocycles. The van der Waals surface area contributed by atoms with Crippen molar-refractivity contribution in [3.8, 4) is 0 Å². The molecular weight excluding hydrogens is 244 g/mol. The van der Waals surface area contributed by atoms with Crippen LogP contribution in [0.25, 0.3) is 0 Å². The summed E-state index contributed by atoms with van der Waals surface area (Å²) in [5, 5.41) is 10.5. The van der Waals surface area contributed by atoms with Gasteiger partial charge < -0.3 is 9.84 Å². The largest absolute Gasteiger partial charge is 0.393 e. The van der Waals surface area contributed by atoms with Gasteiger partial charge in [0, 0.05) is 6.61 Å². The highest BCUT2D eigenvalue weighted by Gasteiger charge is 2.41. The third-order valence-electron chi connectivity index (χ3n) is 4.75. The van der Waals surface area contributed by atoms with Crippen LogP contribution in [0, 0.1) is 11.8 Å². The van der Waals surface area contributed by atoms with E-state index in [9.17, 15) is 5.11 Å². The molecule has 0 aliphatic carbocycles. The van der Waals surface area contributed by atoms with Crippen LogP contribution >= 0.6 is 11.8 Å². The summed E-state index contributed by atoms with van der Waals surface area (Å²) >= 11 is 2.04. The molecule has 3 unspecified atom stereocenters. The van der Waals surface area contributed by atoms with E-state index in [1.807, 2.05) is 11.8 Å². The molecule has 18 heavy (non-hydrogen) atoms. The van der Waals surface area contributed by atoms with Crippen LogP contribution in [-0.2, 0) is 4.74 Å². The second-order valence-electron chi connectivity index (χ2n) is 6.15. The van der Waals surface area contributed by atoms with E-state index in [2.05, 4.69) is 13.8 Å². The maximum Gasteiger partial charge on any atom is 0.0701 e. The van der Waals surface area contributed by atoms with Gasteiger partial charge in [-0.1, -0.05) is 20.3 Å². The Morgan fingerprint density at radius 3 is 2.78 bits per heavy atom. The van der Waals surface area contributed by atoms with Crippen molar-refractivity contribution < 1.29 is 9.84 Å². The van der Waals surface area contributed by atoms with Gasteiger partial charge in [-0.05, 0) is 55.4 Å². The monoisotopic (exact) mass is 272 g/mol. The van der Waals surface area contributed by atoms with Crippen LogP contribution in [0.1, 0.15) is 52.4 Å². The Morgan fingerprint density at radius 2 is 2.11 bits per heavy atom. The van der Waals surface area contributed by atoms with Crippen molar-refractivity contribution in [2.24, 2.45) is 11.8 Å². The molecule has 0 aromatic heterocycles. The zero-order valence-corrected chi connectivity index (χ0v) is 12.7. The number of thioether (sulfide) groups is 1. The van der Waals surface area contributed by atoms with Crippen molar-refractivity contribution in [3.63, 3.8) is 0 Å². The fraction of sp³-hybridized carbons (Fsp3) is 1.00. The van der Waals surface area contributed by atoms with Crippen LogP contribution in [0.4, 0.5) is 0 Å². The van der Waals surface area contributed by atoms with Gasteiger partial charge in [-0.2, -0.15) is 11.8 Å².